The lowest BCUT2D eigenvalue weighted by Gasteiger charge is -2.29. The van der Waals surface area contributed by atoms with Crippen molar-refractivity contribution in [2.45, 2.75) is 62.6 Å². The zero-order chi connectivity index (χ0) is 31.6. The minimum atomic E-state index is -1.38. The third-order valence-corrected chi connectivity index (χ3v) is 9.03. The molecule has 45 heavy (non-hydrogen) atoms. The number of rotatable bonds is 5. The van der Waals surface area contributed by atoms with Gasteiger partial charge in [-0.1, -0.05) is 55.3 Å². The third kappa shape index (κ3) is 6.30. The molecule has 1 saturated carbocycles. The fraction of sp³-hybridized carbons (Fsp3) is 0.412. The average Bonchev–Trinajstić information content (AvgIpc) is 3.59. The fourth-order valence-corrected chi connectivity index (χ4v) is 6.37. The first-order valence-electron chi connectivity index (χ1n) is 15.5. The van der Waals surface area contributed by atoms with Gasteiger partial charge in [0, 0.05) is 42.0 Å². The highest BCUT2D eigenvalue weighted by Crippen LogP contribution is 2.45. The molecule has 0 spiro atoms. The number of carbonyl (C=O) groups is 3. The largest absolute Gasteiger partial charge is 0.497 e. The number of ether oxygens (including phenoxy) is 2. The molecule has 3 heterocycles. The zero-order valence-electron chi connectivity index (χ0n) is 25.4. The number of hydrazine groups is 1. The van der Waals surface area contributed by atoms with Gasteiger partial charge in [-0.3, -0.25) is 9.80 Å². The highest BCUT2D eigenvalue weighted by atomic mass is 16.5. The lowest BCUT2D eigenvalue weighted by molar-refractivity contribution is -0.144. The Bertz CT molecular complexity index is 1610. The van der Waals surface area contributed by atoms with Gasteiger partial charge in [0.05, 0.1) is 24.9 Å². The number of benzene rings is 2. The van der Waals surface area contributed by atoms with Gasteiger partial charge in [0.2, 0.25) is 5.91 Å². The van der Waals surface area contributed by atoms with Crippen LogP contribution in [0.4, 0.5) is 4.79 Å². The second-order valence-corrected chi connectivity index (χ2v) is 12.1. The molecule has 4 N–H and O–H groups in total. The summed E-state index contributed by atoms with van der Waals surface area (Å²) in [5.74, 6) is 5.52. The number of aromatic nitrogens is 1. The molecule has 0 radical (unpaired) electrons. The van der Waals surface area contributed by atoms with E-state index in [1.165, 1.54) is 4.90 Å². The van der Waals surface area contributed by atoms with E-state index in [-0.39, 0.29) is 18.9 Å². The highest BCUT2D eigenvalue weighted by Gasteiger charge is 2.61. The molecule has 0 unspecified atom stereocenters. The molecule has 3 aromatic rings. The Morgan fingerprint density at radius 3 is 2.67 bits per heavy atom. The second kappa shape index (κ2) is 12.8. The predicted molar refractivity (Wildman–Crippen MR) is 168 cm³/mol. The number of urea groups is 1. The number of nitrogens with two attached hydrogens (primary N) is 1. The Morgan fingerprint density at radius 1 is 1.09 bits per heavy atom. The number of amides is 3. The monoisotopic (exact) mass is 613 g/mol. The smallest absolute Gasteiger partial charge is 0.334 e. The van der Waals surface area contributed by atoms with Gasteiger partial charge in [-0.15, -0.1) is 0 Å². The van der Waals surface area contributed by atoms with Crippen LogP contribution < -0.4 is 20.6 Å². The minimum Gasteiger partial charge on any atom is -0.497 e. The van der Waals surface area contributed by atoms with Crippen LogP contribution in [0.25, 0.3) is 22.2 Å². The lowest BCUT2D eigenvalue weighted by atomic mass is 10.1. The maximum atomic E-state index is 13.8. The molecular formula is C34H39N5O6. The number of fused-ring (bicyclic) bond motifs is 3. The molecule has 6 rings (SSSR count). The Hall–Kier alpha value is -4.64. The Kier molecular flexibility index (Phi) is 8.62. The number of pyridine rings is 1. The normalized spacial score (nSPS) is 26.5. The van der Waals surface area contributed by atoms with E-state index >= 15 is 0 Å². The topological polar surface area (TPSA) is 147 Å². The number of allylic oxidation sites excluding steroid dienone is 1. The second-order valence-electron chi connectivity index (χ2n) is 12.1. The van der Waals surface area contributed by atoms with E-state index < -0.39 is 35.6 Å². The van der Waals surface area contributed by atoms with E-state index in [0.717, 1.165) is 48.1 Å². The first kappa shape index (κ1) is 30.4. The summed E-state index contributed by atoms with van der Waals surface area (Å²) in [6.07, 6.45) is 8.27. The molecule has 236 valence electrons. The van der Waals surface area contributed by atoms with Crippen LogP contribution in [-0.4, -0.2) is 75.8 Å². The number of aliphatic carboxylic acids is 1. The van der Waals surface area contributed by atoms with Gasteiger partial charge in [0.25, 0.3) is 0 Å². The average molecular weight is 614 g/mol. The first-order chi connectivity index (χ1) is 21.8. The number of carboxylic acids is 1. The molecule has 2 fully saturated rings. The van der Waals surface area contributed by atoms with Crippen molar-refractivity contribution in [2.24, 2.45) is 11.8 Å². The van der Waals surface area contributed by atoms with E-state index in [1.54, 1.807) is 7.11 Å². The lowest BCUT2D eigenvalue weighted by Crippen LogP contribution is -2.56. The SMILES string of the molecule is COc1ccc2c(O[C@@H]3C[C@H]4C(=O)N[C@]5(C(=O)O)C[C@H]5/C=C\CCCCCCN(N)C(=O)N4C3)cc(-c3ccccc3)nc2c1. The van der Waals surface area contributed by atoms with Crippen LogP contribution in [-0.2, 0) is 9.59 Å². The summed E-state index contributed by atoms with van der Waals surface area (Å²) in [5.41, 5.74) is 0.897. The van der Waals surface area contributed by atoms with Crippen molar-refractivity contribution in [2.75, 3.05) is 20.2 Å². The van der Waals surface area contributed by atoms with Crippen LogP contribution >= 0.6 is 0 Å². The molecule has 11 heteroatoms. The molecule has 0 bridgehead atoms. The van der Waals surface area contributed by atoms with Crippen molar-refractivity contribution in [1.82, 2.24) is 20.2 Å². The summed E-state index contributed by atoms with van der Waals surface area (Å²) in [5, 5.41) is 14.8. The van der Waals surface area contributed by atoms with Gasteiger partial charge in [-0.25, -0.2) is 20.4 Å². The van der Waals surface area contributed by atoms with Gasteiger partial charge in [0.15, 0.2) is 0 Å². The standard InChI is InChI=1S/C34H39N5O6/c1-44-24-14-15-26-28(17-24)36-27(22-11-7-6-8-12-22)19-30(26)45-25-18-29-31(40)37-34(32(41)42)20-23(34)13-9-4-2-3-5-10-16-39(35)33(43)38(29)21-25/h6-9,11-15,17,19,23,25,29H,2-5,10,16,18,20-21,35H2,1H3,(H,37,40)(H,41,42)/b13-9-/t23-,25-,29+,34-/m1/s1. The van der Waals surface area contributed by atoms with Crippen LogP contribution in [0.3, 0.4) is 0 Å². The quantitative estimate of drug-likeness (QED) is 0.216. The van der Waals surface area contributed by atoms with E-state index in [1.807, 2.05) is 66.7 Å². The van der Waals surface area contributed by atoms with Gasteiger partial charge in [-0.2, -0.15) is 0 Å². The minimum absolute atomic E-state index is 0.106. The number of nitrogens with one attached hydrogen (secondary N) is 1. The molecule has 1 aromatic heterocycles. The Labute approximate surface area is 262 Å². The van der Waals surface area contributed by atoms with Crippen molar-refractivity contribution >= 4 is 28.8 Å². The van der Waals surface area contributed by atoms with Crippen LogP contribution in [0.5, 0.6) is 11.5 Å². The third-order valence-electron chi connectivity index (χ3n) is 9.03. The van der Waals surface area contributed by atoms with Crippen molar-refractivity contribution in [3.8, 4) is 22.8 Å². The summed E-state index contributed by atoms with van der Waals surface area (Å²) < 4.78 is 12.0. The zero-order valence-corrected chi connectivity index (χ0v) is 25.4. The van der Waals surface area contributed by atoms with E-state index in [2.05, 4.69) is 5.32 Å². The Balaban J connectivity index is 1.31. The maximum absolute atomic E-state index is 13.8. The van der Waals surface area contributed by atoms with Gasteiger partial charge >= 0.3 is 12.0 Å². The number of nitrogens with zero attached hydrogens (tertiary/aromatic N) is 3. The van der Waals surface area contributed by atoms with E-state index in [9.17, 15) is 19.5 Å². The van der Waals surface area contributed by atoms with Crippen molar-refractivity contribution in [3.05, 3.63) is 66.7 Å². The van der Waals surface area contributed by atoms with Gasteiger partial charge in [-0.05, 0) is 37.8 Å². The van der Waals surface area contributed by atoms with Gasteiger partial charge < -0.3 is 24.8 Å². The molecule has 2 aromatic carbocycles. The summed E-state index contributed by atoms with van der Waals surface area (Å²) in [6, 6.07) is 15.7. The Morgan fingerprint density at radius 2 is 1.89 bits per heavy atom. The number of methoxy groups -OCH3 is 1. The molecular weight excluding hydrogens is 574 g/mol. The molecule has 1 aliphatic carbocycles. The molecule has 1 saturated heterocycles. The number of carbonyl (C=O) groups excluding carboxylic acids is 2. The summed E-state index contributed by atoms with van der Waals surface area (Å²) in [4.78, 5) is 46.0. The number of carboxylic acid groups (broad SMARTS) is 1. The van der Waals surface area contributed by atoms with Crippen molar-refractivity contribution in [3.63, 3.8) is 0 Å². The predicted octanol–water partition coefficient (Wildman–Crippen LogP) is 4.51. The van der Waals surface area contributed by atoms with Crippen LogP contribution in [0.1, 0.15) is 44.9 Å². The van der Waals surface area contributed by atoms with Crippen LogP contribution in [0.2, 0.25) is 0 Å². The summed E-state index contributed by atoms with van der Waals surface area (Å²) in [6.45, 7) is 0.456. The fourth-order valence-electron chi connectivity index (χ4n) is 6.37. The van der Waals surface area contributed by atoms with E-state index in [4.69, 9.17) is 20.3 Å². The molecule has 3 aliphatic rings. The first-order valence-corrected chi connectivity index (χ1v) is 15.5. The molecule has 11 nitrogen and oxygen atoms in total. The van der Waals surface area contributed by atoms with Crippen LogP contribution in [0.15, 0.2) is 66.7 Å². The van der Waals surface area contributed by atoms with Crippen molar-refractivity contribution < 1.29 is 29.0 Å². The van der Waals surface area contributed by atoms with Gasteiger partial charge in [0.1, 0.15) is 29.2 Å². The number of hydrogen-bond donors (Lipinski definition) is 3. The molecule has 2 aliphatic heterocycles. The number of hydrogen-bond acceptors (Lipinski definition) is 7. The summed E-state index contributed by atoms with van der Waals surface area (Å²) in [7, 11) is 1.60. The van der Waals surface area contributed by atoms with E-state index in [0.29, 0.717) is 35.7 Å². The highest BCUT2D eigenvalue weighted by molar-refractivity contribution is 5.95. The van der Waals surface area contributed by atoms with Crippen LogP contribution in [0, 0.1) is 5.92 Å². The maximum Gasteiger partial charge on any atom is 0.334 e. The summed E-state index contributed by atoms with van der Waals surface area (Å²) >= 11 is 0. The molecule has 4 atom stereocenters. The van der Waals surface area contributed by atoms with Crippen molar-refractivity contribution in [1.29, 1.82) is 0 Å². The molecule has 3 amide bonds.